The van der Waals surface area contributed by atoms with Gasteiger partial charge in [-0.25, -0.2) is 0 Å². The summed E-state index contributed by atoms with van der Waals surface area (Å²) in [4.78, 5) is 0. The van der Waals surface area contributed by atoms with Crippen LogP contribution in [0.2, 0.25) is 0 Å². The monoisotopic (exact) mass is 426 g/mol. The van der Waals surface area contributed by atoms with Crippen molar-refractivity contribution in [2.24, 2.45) is 57.2 Å². The molecular formula is C30H50O. The van der Waals surface area contributed by atoms with Crippen LogP contribution in [0.5, 0.6) is 0 Å². The van der Waals surface area contributed by atoms with Crippen molar-refractivity contribution >= 4 is 0 Å². The summed E-state index contributed by atoms with van der Waals surface area (Å²) in [5, 5.41) is 10.6. The molecule has 0 aromatic carbocycles. The van der Waals surface area contributed by atoms with E-state index in [4.69, 9.17) is 0 Å². The van der Waals surface area contributed by atoms with Gasteiger partial charge in [-0.15, -0.1) is 0 Å². The van der Waals surface area contributed by atoms with Crippen LogP contribution in [-0.2, 0) is 0 Å². The number of hydrogen-bond donors (Lipinski definition) is 1. The highest BCUT2D eigenvalue weighted by Gasteiger charge is 2.81. The zero-order valence-corrected chi connectivity index (χ0v) is 21.5. The van der Waals surface area contributed by atoms with E-state index >= 15 is 0 Å². The Kier molecular flexibility index (Phi) is 5.15. The molecule has 5 aliphatic rings. The third-order valence-corrected chi connectivity index (χ3v) is 13.1. The van der Waals surface area contributed by atoms with E-state index in [0.717, 1.165) is 30.1 Å². The lowest BCUT2D eigenvalue weighted by molar-refractivity contribution is -0.142. The molecule has 0 saturated heterocycles. The minimum atomic E-state index is -0.0356. The van der Waals surface area contributed by atoms with Gasteiger partial charge >= 0.3 is 0 Å². The van der Waals surface area contributed by atoms with Crippen molar-refractivity contribution in [1.82, 2.24) is 0 Å². The van der Waals surface area contributed by atoms with E-state index in [1.165, 1.54) is 69.8 Å². The van der Waals surface area contributed by atoms with Crippen LogP contribution in [-0.4, -0.2) is 11.2 Å². The SMILES string of the molecule is C=C(CC[C@@H](C)[C@H]1CC[C@@]2(C)[C@@H]3CC[C@H]4[C@H](C)[C@@H](O)CCC45CC35CC[C@]12C)C(C)C. The highest BCUT2D eigenvalue weighted by atomic mass is 16.3. The molecule has 31 heavy (non-hydrogen) atoms. The average Bonchev–Trinajstić information content (AvgIpc) is 3.31. The van der Waals surface area contributed by atoms with Gasteiger partial charge in [-0.05, 0) is 128 Å². The Hall–Kier alpha value is -0.300. The lowest BCUT2D eigenvalue weighted by Gasteiger charge is -2.62. The summed E-state index contributed by atoms with van der Waals surface area (Å²) in [5.41, 5.74) is 3.76. The molecule has 0 radical (unpaired) electrons. The molecule has 0 bridgehead atoms. The lowest BCUT2D eigenvalue weighted by Crippen LogP contribution is -2.55. The van der Waals surface area contributed by atoms with E-state index in [-0.39, 0.29) is 6.10 Å². The Balaban J connectivity index is 1.37. The van der Waals surface area contributed by atoms with Crippen molar-refractivity contribution in [3.63, 3.8) is 0 Å². The van der Waals surface area contributed by atoms with Crippen LogP contribution in [0.25, 0.3) is 0 Å². The Morgan fingerprint density at radius 3 is 2.39 bits per heavy atom. The second kappa shape index (κ2) is 7.10. The summed E-state index contributed by atoms with van der Waals surface area (Å²) in [7, 11) is 0. The van der Waals surface area contributed by atoms with Crippen LogP contribution < -0.4 is 0 Å². The van der Waals surface area contributed by atoms with Crippen molar-refractivity contribution in [3.05, 3.63) is 12.2 Å². The maximum Gasteiger partial charge on any atom is 0.0568 e. The number of fused-ring (bicyclic) bond motifs is 2. The average molecular weight is 427 g/mol. The maximum atomic E-state index is 10.6. The highest BCUT2D eigenvalue weighted by Crippen LogP contribution is 2.88. The van der Waals surface area contributed by atoms with E-state index < -0.39 is 0 Å². The van der Waals surface area contributed by atoms with Crippen LogP contribution in [0, 0.1) is 57.2 Å². The van der Waals surface area contributed by atoms with Gasteiger partial charge in [-0.3, -0.25) is 0 Å². The Labute approximate surface area is 192 Å². The number of rotatable bonds is 5. The van der Waals surface area contributed by atoms with Crippen LogP contribution >= 0.6 is 0 Å². The van der Waals surface area contributed by atoms with Crippen molar-refractivity contribution in [3.8, 4) is 0 Å². The summed E-state index contributed by atoms with van der Waals surface area (Å²) in [6, 6.07) is 0. The van der Waals surface area contributed by atoms with Gasteiger partial charge in [-0.1, -0.05) is 53.7 Å². The first-order valence-electron chi connectivity index (χ1n) is 13.9. The number of aliphatic hydroxyl groups is 1. The third kappa shape index (κ3) is 2.77. The number of aliphatic hydroxyl groups excluding tert-OH is 1. The molecule has 0 amide bonds. The van der Waals surface area contributed by atoms with Gasteiger partial charge in [0.2, 0.25) is 0 Å². The fourth-order valence-electron chi connectivity index (χ4n) is 10.9. The minimum absolute atomic E-state index is 0.0356. The number of allylic oxidation sites excluding steroid dienone is 1. The molecule has 0 heterocycles. The predicted octanol–water partition coefficient (Wildman–Crippen LogP) is 8.02. The van der Waals surface area contributed by atoms with Gasteiger partial charge in [0.25, 0.3) is 0 Å². The second-order valence-electron chi connectivity index (χ2n) is 14.0. The highest BCUT2D eigenvalue weighted by molar-refractivity contribution is 5.29. The van der Waals surface area contributed by atoms with Crippen molar-refractivity contribution in [1.29, 1.82) is 0 Å². The third-order valence-electron chi connectivity index (χ3n) is 13.1. The largest absolute Gasteiger partial charge is 0.393 e. The summed E-state index contributed by atoms with van der Waals surface area (Å²) in [6.45, 7) is 19.4. The van der Waals surface area contributed by atoms with E-state index in [9.17, 15) is 5.11 Å². The molecule has 2 unspecified atom stereocenters. The van der Waals surface area contributed by atoms with Gasteiger partial charge in [0.15, 0.2) is 0 Å². The van der Waals surface area contributed by atoms with Gasteiger partial charge in [0.1, 0.15) is 0 Å². The van der Waals surface area contributed by atoms with Crippen LogP contribution in [0.1, 0.15) is 112 Å². The fraction of sp³-hybridized carbons (Fsp3) is 0.933. The molecule has 0 aromatic rings. The molecule has 2 spiro atoms. The molecule has 1 heteroatoms. The summed E-state index contributed by atoms with van der Waals surface area (Å²) >= 11 is 0. The van der Waals surface area contributed by atoms with Crippen molar-refractivity contribution in [2.75, 3.05) is 0 Å². The fourth-order valence-corrected chi connectivity index (χ4v) is 10.9. The van der Waals surface area contributed by atoms with Crippen LogP contribution in [0.15, 0.2) is 12.2 Å². The lowest BCUT2D eigenvalue weighted by atomic mass is 9.43. The molecule has 1 nitrogen and oxygen atoms in total. The van der Waals surface area contributed by atoms with Gasteiger partial charge < -0.3 is 5.11 Å². The molecule has 1 N–H and O–H groups in total. The van der Waals surface area contributed by atoms with Gasteiger partial charge in [0.05, 0.1) is 6.10 Å². The number of hydrogen-bond acceptors (Lipinski definition) is 1. The zero-order chi connectivity index (χ0) is 22.4. The standard InChI is InChI=1S/C30H50O/c1-19(2)20(3)8-9-21(4)23-12-14-28(7)26-11-10-24-22(5)25(31)13-15-29(24)18-30(26,29)17-16-27(23,28)6/h19,21-26,31H,3,8-18H2,1-2,4-7H3/t21-,22+,23-,24+,25+,26+,27-,28+,29?,30?/m1/s1. The van der Waals surface area contributed by atoms with E-state index in [1.807, 2.05) is 0 Å². The molecule has 5 fully saturated rings. The maximum absolute atomic E-state index is 10.6. The van der Waals surface area contributed by atoms with Gasteiger partial charge in [0, 0.05) is 0 Å². The quantitative estimate of drug-likeness (QED) is 0.441. The predicted molar refractivity (Wildman–Crippen MR) is 131 cm³/mol. The van der Waals surface area contributed by atoms with Crippen molar-refractivity contribution in [2.45, 2.75) is 118 Å². The Morgan fingerprint density at radius 2 is 1.68 bits per heavy atom. The second-order valence-corrected chi connectivity index (χ2v) is 14.0. The van der Waals surface area contributed by atoms with E-state index in [1.54, 1.807) is 0 Å². The first-order valence-corrected chi connectivity index (χ1v) is 13.9. The minimum Gasteiger partial charge on any atom is -0.393 e. The van der Waals surface area contributed by atoms with E-state index in [2.05, 4.69) is 48.1 Å². The van der Waals surface area contributed by atoms with Crippen LogP contribution in [0.4, 0.5) is 0 Å². The molecule has 0 aromatic heterocycles. The molecule has 176 valence electrons. The zero-order valence-electron chi connectivity index (χ0n) is 21.5. The Bertz CT molecular complexity index is 739. The van der Waals surface area contributed by atoms with Crippen molar-refractivity contribution < 1.29 is 5.11 Å². The summed E-state index contributed by atoms with van der Waals surface area (Å²) < 4.78 is 0. The molecule has 0 aliphatic heterocycles. The molecular weight excluding hydrogens is 376 g/mol. The topological polar surface area (TPSA) is 20.2 Å². The smallest absolute Gasteiger partial charge is 0.0568 e. The molecule has 10 atom stereocenters. The first-order chi connectivity index (χ1) is 14.5. The summed E-state index contributed by atoms with van der Waals surface area (Å²) in [5.74, 6) is 4.63. The first kappa shape index (κ1) is 22.5. The van der Waals surface area contributed by atoms with Crippen LogP contribution in [0.3, 0.4) is 0 Å². The van der Waals surface area contributed by atoms with E-state index in [0.29, 0.717) is 33.5 Å². The Morgan fingerprint density at radius 1 is 0.935 bits per heavy atom. The molecule has 5 saturated carbocycles. The molecule has 5 aliphatic carbocycles. The molecule has 5 rings (SSSR count). The van der Waals surface area contributed by atoms with Gasteiger partial charge in [-0.2, -0.15) is 0 Å². The normalized spacial score (nSPS) is 53.9. The summed E-state index contributed by atoms with van der Waals surface area (Å²) in [6.07, 6.45) is 15.1.